The highest BCUT2D eigenvalue weighted by atomic mass is 32.1. The number of nitrogens with two attached hydrogens (primary N) is 1. The van der Waals surface area contributed by atoms with Gasteiger partial charge in [0, 0.05) is 11.4 Å². The highest BCUT2D eigenvalue weighted by molar-refractivity contribution is 7.11. The predicted molar refractivity (Wildman–Crippen MR) is 54.7 cm³/mol. The Balaban J connectivity index is 2.18. The SMILES string of the molecule is Nc1csc(Oc2cccc(O)c2)n1. The van der Waals surface area contributed by atoms with E-state index < -0.39 is 0 Å². The third-order valence-corrected chi connectivity index (χ3v) is 2.26. The van der Waals surface area contributed by atoms with Crippen LogP contribution in [0, 0.1) is 0 Å². The largest absolute Gasteiger partial charge is 0.508 e. The average Bonchev–Trinajstić information content (AvgIpc) is 2.51. The Labute approximate surface area is 84.6 Å². The van der Waals surface area contributed by atoms with Crippen molar-refractivity contribution in [2.75, 3.05) is 5.73 Å². The van der Waals surface area contributed by atoms with Crippen molar-refractivity contribution in [2.24, 2.45) is 0 Å². The van der Waals surface area contributed by atoms with E-state index in [9.17, 15) is 5.11 Å². The number of aromatic nitrogens is 1. The van der Waals surface area contributed by atoms with Gasteiger partial charge in [0.25, 0.3) is 5.19 Å². The molecule has 0 radical (unpaired) electrons. The van der Waals surface area contributed by atoms with Gasteiger partial charge >= 0.3 is 0 Å². The van der Waals surface area contributed by atoms with Gasteiger partial charge in [-0.25, -0.2) is 0 Å². The van der Waals surface area contributed by atoms with Gasteiger partial charge in [0.2, 0.25) is 0 Å². The second kappa shape index (κ2) is 3.55. The van der Waals surface area contributed by atoms with Crippen LogP contribution in [0.5, 0.6) is 16.7 Å². The minimum atomic E-state index is 0.159. The molecule has 0 saturated carbocycles. The number of aromatic hydroxyl groups is 1. The zero-order chi connectivity index (χ0) is 9.97. The maximum Gasteiger partial charge on any atom is 0.280 e. The van der Waals surface area contributed by atoms with Gasteiger partial charge in [-0.3, -0.25) is 0 Å². The first-order valence-corrected chi connectivity index (χ1v) is 4.80. The molecule has 1 heterocycles. The second-order valence-corrected chi connectivity index (χ2v) is 3.46. The predicted octanol–water partition coefficient (Wildman–Crippen LogP) is 2.22. The molecule has 0 saturated heterocycles. The zero-order valence-electron chi connectivity index (χ0n) is 7.18. The van der Waals surface area contributed by atoms with E-state index >= 15 is 0 Å². The molecule has 4 nitrogen and oxygen atoms in total. The highest BCUT2D eigenvalue weighted by Gasteiger charge is 2.02. The van der Waals surface area contributed by atoms with Crippen molar-refractivity contribution in [2.45, 2.75) is 0 Å². The Hall–Kier alpha value is -1.75. The first kappa shape index (κ1) is 8.83. The first-order valence-electron chi connectivity index (χ1n) is 3.92. The summed E-state index contributed by atoms with van der Waals surface area (Å²) in [7, 11) is 0. The van der Waals surface area contributed by atoms with E-state index in [1.54, 1.807) is 23.6 Å². The Morgan fingerprint density at radius 3 is 2.93 bits per heavy atom. The quantitative estimate of drug-likeness (QED) is 0.794. The number of ether oxygens (including phenoxy) is 1. The Kier molecular flexibility index (Phi) is 2.24. The molecule has 1 aromatic carbocycles. The fraction of sp³-hybridized carbons (Fsp3) is 0. The number of hydrogen-bond donors (Lipinski definition) is 2. The summed E-state index contributed by atoms with van der Waals surface area (Å²) in [6.07, 6.45) is 0. The number of rotatable bonds is 2. The van der Waals surface area contributed by atoms with Crippen LogP contribution in [0.3, 0.4) is 0 Å². The van der Waals surface area contributed by atoms with Crippen molar-refractivity contribution < 1.29 is 9.84 Å². The van der Waals surface area contributed by atoms with Crippen LogP contribution in [0.2, 0.25) is 0 Å². The normalized spacial score (nSPS) is 10.0. The summed E-state index contributed by atoms with van der Waals surface area (Å²) in [5.74, 6) is 1.14. The van der Waals surface area contributed by atoms with Crippen molar-refractivity contribution in [1.82, 2.24) is 4.98 Å². The summed E-state index contributed by atoms with van der Waals surface area (Å²) < 4.78 is 5.35. The van der Waals surface area contributed by atoms with Crippen LogP contribution in [-0.2, 0) is 0 Å². The van der Waals surface area contributed by atoms with Crippen molar-refractivity contribution in [3.8, 4) is 16.7 Å². The molecule has 14 heavy (non-hydrogen) atoms. The summed E-state index contributed by atoms with van der Waals surface area (Å²) in [4.78, 5) is 3.93. The average molecular weight is 208 g/mol. The summed E-state index contributed by atoms with van der Waals surface area (Å²) in [6, 6.07) is 6.51. The summed E-state index contributed by atoms with van der Waals surface area (Å²) in [5.41, 5.74) is 5.43. The van der Waals surface area contributed by atoms with Gasteiger partial charge < -0.3 is 15.6 Å². The van der Waals surface area contributed by atoms with Crippen LogP contribution in [0.4, 0.5) is 5.82 Å². The number of phenols is 1. The molecule has 0 spiro atoms. The summed E-state index contributed by atoms with van der Waals surface area (Å²) in [5, 5.41) is 11.3. The monoisotopic (exact) mass is 208 g/mol. The van der Waals surface area contributed by atoms with Gasteiger partial charge in [-0.1, -0.05) is 17.4 Å². The van der Waals surface area contributed by atoms with Gasteiger partial charge in [0.15, 0.2) is 0 Å². The lowest BCUT2D eigenvalue weighted by Crippen LogP contribution is -1.85. The molecule has 0 aliphatic rings. The Morgan fingerprint density at radius 2 is 2.29 bits per heavy atom. The molecule has 0 aliphatic heterocycles. The maximum absolute atomic E-state index is 9.17. The molecule has 0 bridgehead atoms. The van der Waals surface area contributed by atoms with Crippen LogP contribution in [0.1, 0.15) is 0 Å². The third-order valence-electron chi connectivity index (χ3n) is 1.52. The van der Waals surface area contributed by atoms with Crippen molar-refractivity contribution in [1.29, 1.82) is 0 Å². The molecule has 2 aromatic rings. The Bertz CT molecular complexity index is 442. The number of phenolic OH excluding ortho intramolecular Hbond substituents is 1. The molecular weight excluding hydrogens is 200 g/mol. The van der Waals surface area contributed by atoms with Gasteiger partial charge in [0.05, 0.1) is 0 Å². The van der Waals surface area contributed by atoms with Crippen LogP contribution < -0.4 is 10.5 Å². The van der Waals surface area contributed by atoms with E-state index in [-0.39, 0.29) is 5.75 Å². The van der Waals surface area contributed by atoms with Crippen molar-refractivity contribution in [3.63, 3.8) is 0 Å². The van der Waals surface area contributed by atoms with Crippen molar-refractivity contribution in [3.05, 3.63) is 29.6 Å². The molecule has 5 heteroatoms. The molecule has 0 unspecified atom stereocenters. The van der Waals surface area contributed by atoms with E-state index in [0.29, 0.717) is 16.8 Å². The zero-order valence-corrected chi connectivity index (χ0v) is 7.99. The number of nitrogens with zero attached hydrogens (tertiary/aromatic N) is 1. The number of anilines is 1. The fourth-order valence-corrected chi connectivity index (χ4v) is 1.54. The van der Waals surface area contributed by atoms with E-state index in [0.717, 1.165) is 0 Å². The van der Waals surface area contributed by atoms with Gasteiger partial charge in [-0.15, -0.1) is 0 Å². The molecule has 1 aromatic heterocycles. The minimum absolute atomic E-state index is 0.159. The molecule has 0 fully saturated rings. The first-order chi connectivity index (χ1) is 6.74. The molecule has 72 valence electrons. The van der Waals surface area contributed by atoms with E-state index in [4.69, 9.17) is 10.5 Å². The van der Waals surface area contributed by atoms with E-state index in [1.165, 1.54) is 17.4 Å². The van der Waals surface area contributed by atoms with Crippen molar-refractivity contribution >= 4 is 17.2 Å². The van der Waals surface area contributed by atoms with Gasteiger partial charge in [-0.2, -0.15) is 4.98 Å². The molecule has 0 atom stereocenters. The molecule has 3 N–H and O–H groups in total. The van der Waals surface area contributed by atoms with Crippen LogP contribution in [0.25, 0.3) is 0 Å². The fourth-order valence-electron chi connectivity index (χ4n) is 0.964. The lowest BCUT2D eigenvalue weighted by molar-refractivity contribution is 0.454. The molecule has 0 amide bonds. The van der Waals surface area contributed by atoms with Crippen LogP contribution >= 0.6 is 11.3 Å². The smallest absolute Gasteiger partial charge is 0.280 e. The number of thiazole rings is 1. The lowest BCUT2D eigenvalue weighted by Gasteiger charge is -2.00. The Morgan fingerprint density at radius 1 is 1.43 bits per heavy atom. The highest BCUT2D eigenvalue weighted by Crippen LogP contribution is 2.27. The summed E-state index contributed by atoms with van der Waals surface area (Å²) >= 11 is 1.31. The van der Waals surface area contributed by atoms with Gasteiger partial charge in [-0.05, 0) is 12.1 Å². The van der Waals surface area contributed by atoms with E-state index in [1.807, 2.05) is 0 Å². The van der Waals surface area contributed by atoms with Crippen LogP contribution in [-0.4, -0.2) is 10.1 Å². The molecule has 2 rings (SSSR count). The standard InChI is InChI=1S/C9H8N2O2S/c10-8-5-14-9(11-8)13-7-3-1-2-6(12)4-7/h1-5,12H,10H2. The van der Waals surface area contributed by atoms with Crippen LogP contribution in [0.15, 0.2) is 29.6 Å². The second-order valence-electron chi connectivity index (χ2n) is 2.64. The summed E-state index contributed by atoms with van der Waals surface area (Å²) in [6.45, 7) is 0. The molecule has 0 aliphatic carbocycles. The number of benzene rings is 1. The lowest BCUT2D eigenvalue weighted by atomic mass is 10.3. The number of nitrogen functional groups attached to an aromatic ring is 1. The minimum Gasteiger partial charge on any atom is -0.508 e. The maximum atomic E-state index is 9.17. The van der Waals surface area contributed by atoms with Gasteiger partial charge in [0.1, 0.15) is 17.3 Å². The number of hydrogen-bond acceptors (Lipinski definition) is 5. The molecular formula is C9H8N2O2S. The third kappa shape index (κ3) is 1.94. The van der Waals surface area contributed by atoms with E-state index in [2.05, 4.69) is 4.98 Å². The topological polar surface area (TPSA) is 68.4 Å².